The van der Waals surface area contributed by atoms with Crippen molar-refractivity contribution in [1.29, 1.82) is 0 Å². The van der Waals surface area contributed by atoms with Crippen LogP contribution in [0.3, 0.4) is 0 Å². The molecule has 0 amide bonds. The van der Waals surface area contributed by atoms with Gasteiger partial charge in [0.15, 0.2) is 0 Å². The van der Waals surface area contributed by atoms with Gasteiger partial charge in [0.25, 0.3) is 6.43 Å². The first-order valence-electron chi connectivity index (χ1n) is 7.77. The second kappa shape index (κ2) is 8.57. The molecule has 1 heterocycles. The van der Waals surface area contributed by atoms with E-state index in [0.717, 1.165) is 0 Å². The van der Waals surface area contributed by atoms with Crippen LogP contribution in [0.4, 0.5) is 35.1 Å². The summed E-state index contributed by atoms with van der Waals surface area (Å²) in [5.74, 6) is -2.86. The molecule has 0 radical (unpaired) electrons. The molecule has 3 atom stereocenters. The number of hydrogen-bond acceptors (Lipinski definition) is 6. The van der Waals surface area contributed by atoms with Crippen molar-refractivity contribution in [2.75, 3.05) is 0 Å². The van der Waals surface area contributed by atoms with Crippen LogP contribution in [-0.2, 0) is 4.74 Å². The van der Waals surface area contributed by atoms with Crippen LogP contribution in [0.1, 0.15) is 18.4 Å². The van der Waals surface area contributed by atoms with Crippen LogP contribution in [-0.4, -0.2) is 53.7 Å². The lowest BCUT2D eigenvalue weighted by Gasteiger charge is -2.27. The van der Waals surface area contributed by atoms with Gasteiger partial charge in [-0.3, -0.25) is 0 Å². The largest absolute Gasteiger partial charge is 0.573 e. The van der Waals surface area contributed by atoms with Gasteiger partial charge in [-0.15, -0.1) is 26.3 Å². The predicted octanol–water partition coefficient (Wildman–Crippen LogP) is 3.35. The maximum atomic E-state index is 12.5. The molecule has 0 saturated heterocycles. The molecule has 29 heavy (non-hydrogen) atoms. The summed E-state index contributed by atoms with van der Waals surface area (Å²) in [6.45, 7) is 0. The number of alkyl halides is 8. The highest BCUT2D eigenvalue weighted by Crippen LogP contribution is 2.33. The Morgan fingerprint density at radius 3 is 2.00 bits per heavy atom. The molecule has 0 bridgehead atoms. The van der Waals surface area contributed by atoms with E-state index in [1.165, 1.54) is 0 Å². The molecule has 2 rings (SSSR count). The fourth-order valence-electron chi connectivity index (χ4n) is 2.41. The van der Waals surface area contributed by atoms with Crippen molar-refractivity contribution in [1.82, 2.24) is 0 Å². The number of halogens is 8. The highest BCUT2D eigenvalue weighted by atomic mass is 19.4. The summed E-state index contributed by atoms with van der Waals surface area (Å²) >= 11 is 0. The van der Waals surface area contributed by atoms with E-state index >= 15 is 0 Å². The maximum absolute atomic E-state index is 12.5. The van der Waals surface area contributed by atoms with E-state index in [-0.39, 0.29) is 6.42 Å². The van der Waals surface area contributed by atoms with Gasteiger partial charge in [-0.2, -0.15) is 0 Å². The van der Waals surface area contributed by atoms with E-state index in [1.807, 2.05) is 0 Å². The average Bonchev–Trinajstić information content (AvgIpc) is 2.50. The smallest absolute Gasteiger partial charge is 0.448 e. The number of rotatable bonds is 6. The Labute approximate surface area is 157 Å². The number of benzene rings is 1. The number of nitrogens with zero attached hydrogens (tertiary/aromatic N) is 1. The maximum Gasteiger partial charge on any atom is 0.573 e. The number of aliphatic hydroxyl groups excluding tert-OH is 2. The van der Waals surface area contributed by atoms with Gasteiger partial charge in [0.2, 0.25) is 12.2 Å². The predicted molar refractivity (Wildman–Crippen MR) is 78.5 cm³/mol. The first-order valence-corrected chi connectivity index (χ1v) is 7.77. The van der Waals surface area contributed by atoms with Crippen LogP contribution < -0.4 is 9.47 Å². The SMILES string of the molecule is OC1CC(CC(O)C(F)F)N=C(c2cc(OC(F)(F)F)cc(OC(F)(F)F)c2)O1. The van der Waals surface area contributed by atoms with E-state index in [0.29, 0.717) is 18.2 Å². The van der Waals surface area contributed by atoms with Crippen molar-refractivity contribution in [2.45, 2.75) is 50.4 Å². The lowest BCUT2D eigenvalue weighted by molar-refractivity contribution is -0.276. The zero-order valence-electron chi connectivity index (χ0n) is 14.0. The van der Waals surface area contributed by atoms with E-state index in [4.69, 9.17) is 4.74 Å². The van der Waals surface area contributed by atoms with Crippen LogP contribution >= 0.6 is 0 Å². The fourth-order valence-corrected chi connectivity index (χ4v) is 2.41. The number of aliphatic hydroxyl groups is 2. The number of ether oxygens (including phenoxy) is 3. The van der Waals surface area contributed by atoms with Gasteiger partial charge < -0.3 is 24.4 Å². The molecule has 0 fully saturated rings. The third-order valence-electron chi connectivity index (χ3n) is 3.42. The Morgan fingerprint density at radius 2 is 1.55 bits per heavy atom. The molecule has 1 aromatic rings. The minimum absolute atomic E-state index is 0.308. The van der Waals surface area contributed by atoms with Crippen molar-refractivity contribution in [3.05, 3.63) is 23.8 Å². The molecule has 2 N–H and O–H groups in total. The summed E-state index contributed by atoms with van der Waals surface area (Å²) < 4.78 is 112. The summed E-state index contributed by atoms with van der Waals surface area (Å²) in [5, 5.41) is 18.9. The second-order valence-corrected chi connectivity index (χ2v) is 5.82. The Balaban J connectivity index is 2.40. The standard InChI is InChI=1S/C15H13F8NO5/c16-12(17)10(25)3-7-4-11(26)27-13(24-7)6-1-8(28-14(18,19)20)5-9(2-6)29-15(21,22)23/h1-2,5,7,10-12,25-26H,3-4H2. The molecule has 1 aliphatic rings. The molecule has 0 spiro atoms. The summed E-state index contributed by atoms with van der Waals surface area (Å²) in [7, 11) is 0. The van der Waals surface area contributed by atoms with Crippen LogP contribution in [0.5, 0.6) is 11.5 Å². The number of hydrogen-bond donors (Lipinski definition) is 2. The lowest BCUT2D eigenvalue weighted by Crippen LogP contribution is -2.33. The molecule has 1 aliphatic heterocycles. The topological polar surface area (TPSA) is 80.5 Å². The highest BCUT2D eigenvalue weighted by molar-refractivity contribution is 5.95. The third-order valence-corrected chi connectivity index (χ3v) is 3.42. The molecule has 3 unspecified atom stereocenters. The van der Waals surface area contributed by atoms with E-state index in [2.05, 4.69) is 14.5 Å². The minimum atomic E-state index is -5.24. The van der Waals surface area contributed by atoms with E-state index < -0.39 is 67.0 Å². The van der Waals surface area contributed by atoms with Gasteiger partial charge in [0.05, 0.1) is 6.04 Å². The lowest BCUT2D eigenvalue weighted by atomic mass is 10.0. The van der Waals surface area contributed by atoms with Crippen molar-refractivity contribution in [3.63, 3.8) is 0 Å². The van der Waals surface area contributed by atoms with Crippen molar-refractivity contribution < 1.29 is 59.5 Å². The summed E-state index contributed by atoms with van der Waals surface area (Å²) in [6, 6.07) is 0.377. The van der Waals surface area contributed by atoms with Gasteiger partial charge in [-0.05, 0) is 12.1 Å². The first kappa shape index (κ1) is 22.9. The molecular weight excluding hydrogens is 426 g/mol. The third kappa shape index (κ3) is 7.53. The van der Waals surface area contributed by atoms with Crippen molar-refractivity contribution in [2.24, 2.45) is 4.99 Å². The molecule has 164 valence electrons. The average molecular weight is 439 g/mol. The first-order chi connectivity index (χ1) is 13.2. The number of aliphatic imine (C=N–C) groups is 1. The molecule has 0 aromatic heterocycles. The van der Waals surface area contributed by atoms with Gasteiger partial charge in [-0.25, -0.2) is 13.8 Å². The van der Waals surface area contributed by atoms with Crippen LogP contribution in [0.25, 0.3) is 0 Å². The summed E-state index contributed by atoms with van der Waals surface area (Å²) in [4.78, 5) is 3.77. The summed E-state index contributed by atoms with van der Waals surface area (Å²) in [5.41, 5.74) is -0.513. The molecule has 14 heteroatoms. The monoisotopic (exact) mass is 439 g/mol. The van der Waals surface area contributed by atoms with Gasteiger partial charge in [0.1, 0.15) is 17.6 Å². The van der Waals surface area contributed by atoms with Crippen molar-refractivity contribution in [3.8, 4) is 11.5 Å². The van der Waals surface area contributed by atoms with E-state index in [9.17, 15) is 45.3 Å². The second-order valence-electron chi connectivity index (χ2n) is 5.82. The van der Waals surface area contributed by atoms with Crippen molar-refractivity contribution >= 4 is 5.90 Å². The Bertz CT molecular complexity index is 702. The van der Waals surface area contributed by atoms with Gasteiger partial charge in [-0.1, -0.05) is 0 Å². The highest BCUT2D eigenvalue weighted by Gasteiger charge is 2.35. The quantitative estimate of drug-likeness (QED) is 0.665. The molecule has 1 aromatic carbocycles. The molecular formula is C15H13F8NO5. The summed E-state index contributed by atoms with van der Waals surface area (Å²) in [6.07, 6.45) is -18.3. The molecule has 0 aliphatic carbocycles. The Hall–Kier alpha value is -2.35. The normalized spacial score (nSPS) is 21.4. The fraction of sp³-hybridized carbons (Fsp3) is 0.533. The zero-order valence-corrected chi connectivity index (χ0v) is 14.0. The van der Waals surface area contributed by atoms with Crippen LogP contribution in [0.15, 0.2) is 23.2 Å². The Morgan fingerprint density at radius 1 is 1.03 bits per heavy atom. The van der Waals surface area contributed by atoms with E-state index in [1.54, 1.807) is 0 Å². The minimum Gasteiger partial charge on any atom is -0.448 e. The van der Waals surface area contributed by atoms with Gasteiger partial charge in [0, 0.05) is 24.5 Å². The van der Waals surface area contributed by atoms with Crippen LogP contribution in [0.2, 0.25) is 0 Å². The van der Waals surface area contributed by atoms with Crippen LogP contribution in [0, 0.1) is 0 Å². The molecule has 6 nitrogen and oxygen atoms in total. The Kier molecular flexibility index (Phi) is 6.78. The van der Waals surface area contributed by atoms with Gasteiger partial charge >= 0.3 is 12.7 Å². The molecule has 0 saturated carbocycles. The zero-order chi connectivity index (χ0) is 22.0.